The number of rotatable bonds is 4. The molecule has 0 aliphatic carbocycles. The summed E-state index contributed by atoms with van der Waals surface area (Å²) in [5.74, 6) is -0.332. The molecular formula is C15H15FN2S. The Hall–Kier alpha value is -1.70. The summed E-state index contributed by atoms with van der Waals surface area (Å²) in [5, 5.41) is 12.0. The third kappa shape index (κ3) is 3.40. The molecule has 0 spiro atoms. The molecule has 0 amide bonds. The lowest BCUT2D eigenvalue weighted by atomic mass is 10.1. The van der Waals surface area contributed by atoms with Crippen molar-refractivity contribution in [3.8, 4) is 6.07 Å². The predicted octanol–water partition coefficient (Wildman–Crippen LogP) is 3.92. The summed E-state index contributed by atoms with van der Waals surface area (Å²) >= 11 is 1.74. The number of hydrogen-bond donors (Lipinski definition) is 1. The van der Waals surface area contributed by atoms with Gasteiger partial charge in [0.15, 0.2) is 0 Å². The fourth-order valence-corrected chi connectivity index (χ4v) is 2.71. The zero-order chi connectivity index (χ0) is 13.8. The van der Waals surface area contributed by atoms with Gasteiger partial charge in [0.25, 0.3) is 0 Å². The largest absolute Gasteiger partial charge is 0.305 e. The summed E-state index contributed by atoms with van der Waals surface area (Å²) in [7, 11) is 0. The molecule has 1 unspecified atom stereocenters. The van der Waals surface area contributed by atoms with E-state index in [1.54, 1.807) is 23.5 Å². The minimum absolute atomic E-state index is 0.189. The van der Waals surface area contributed by atoms with Crippen LogP contribution in [0.1, 0.15) is 33.8 Å². The van der Waals surface area contributed by atoms with E-state index in [1.165, 1.54) is 15.8 Å². The first kappa shape index (κ1) is 13.7. The van der Waals surface area contributed by atoms with E-state index in [1.807, 2.05) is 6.07 Å². The molecule has 1 heterocycles. The van der Waals surface area contributed by atoms with E-state index >= 15 is 0 Å². The van der Waals surface area contributed by atoms with E-state index in [0.717, 1.165) is 0 Å². The van der Waals surface area contributed by atoms with Crippen molar-refractivity contribution in [2.45, 2.75) is 26.4 Å². The van der Waals surface area contributed by atoms with Gasteiger partial charge in [-0.05, 0) is 38.1 Å². The lowest BCUT2D eigenvalue weighted by molar-refractivity contribution is 0.549. The van der Waals surface area contributed by atoms with Gasteiger partial charge in [-0.15, -0.1) is 11.3 Å². The van der Waals surface area contributed by atoms with Gasteiger partial charge in [0.05, 0.1) is 11.6 Å². The standard InChI is InChI=1S/C15H15FN2S/c1-10-3-6-15(19-10)11(2)18-9-13-5-4-12(8-17)7-14(13)16/h3-7,11,18H,9H2,1-2H3. The van der Waals surface area contributed by atoms with Gasteiger partial charge in [0.2, 0.25) is 0 Å². The van der Waals surface area contributed by atoms with Crippen LogP contribution in [-0.4, -0.2) is 0 Å². The summed E-state index contributed by atoms with van der Waals surface area (Å²) < 4.78 is 13.7. The first-order valence-corrected chi connectivity index (χ1v) is 6.90. The molecule has 0 aliphatic rings. The van der Waals surface area contributed by atoms with Crippen molar-refractivity contribution in [3.05, 3.63) is 57.0 Å². The van der Waals surface area contributed by atoms with Crippen LogP contribution in [0.5, 0.6) is 0 Å². The number of nitrogens with one attached hydrogen (secondary N) is 1. The third-order valence-electron chi connectivity index (χ3n) is 2.97. The topological polar surface area (TPSA) is 35.8 Å². The van der Waals surface area contributed by atoms with Crippen LogP contribution in [0.15, 0.2) is 30.3 Å². The van der Waals surface area contributed by atoms with Crippen molar-refractivity contribution >= 4 is 11.3 Å². The molecule has 4 heteroatoms. The number of thiophene rings is 1. The maximum absolute atomic E-state index is 13.7. The Balaban J connectivity index is 2.01. The van der Waals surface area contributed by atoms with E-state index in [0.29, 0.717) is 17.7 Å². The first-order chi connectivity index (χ1) is 9.10. The number of hydrogen-bond acceptors (Lipinski definition) is 3. The molecule has 0 aliphatic heterocycles. The molecule has 1 atom stereocenters. The SMILES string of the molecule is Cc1ccc(C(C)NCc2ccc(C#N)cc2F)s1. The van der Waals surface area contributed by atoms with Crippen LogP contribution in [0, 0.1) is 24.1 Å². The van der Waals surface area contributed by atoms with Gasteiger partial charge in [-0.25, -0.2) is 4.39 Å². The van der Waals surface area contributed by atoms with Crippen molar-refractivity contribution in [3.63, 3.8) is 0 Å². The van der Waals surface area contributed by atoms with Gasteiger partial charge in [-0.1, -0.05) is 6.07 Å². The Morgan fingerprint density at radius 3 is 2.74 bits per heavy atom. The highest BCUT2D eigenvalue weighted by Crippen LogP contribution is 2.22. The lowest BCUT2D eigenvalue weighted by Gasteiger charge is -2.12. The van der Waals surface area contributed by atoms with E-state index in [9.17, 15) is 4.39 Å². The number of halogens is 1. The van der Waals surface area contributed by atoms with Crippen molar-refractivity contribution in [1.29, 1.82) is 5.26 Å². The Kier molecular flexibility index (Phi) is 4.31. The van der Waals surface area contributed by atoms with E-state index < -0.39 is 0 Å². The van der Waals surface area contributed by atoms with Crippen molar-refractivity contribution in [2.24, 2.45) is 0 Å². The van der Waals surface area contributed by atoms with Crippen molar-refractivity contribution in [2.75, 3.05) is 0 Å². The Morgan fingerprint density at radius 2 is 2.16 bits per heavy atom. The summed E-state index contributed by atoms with van der Waals surface area (Å²) in [4.78, 5) is 2.51. The third-order valence-corrected chi connectivity index (χ3v) is 4.15. The molecule has 98 valence electrons. The molecule has 0 radical (unpaired) electrons. The average molecular weight is 274 g/mol. The van der Waals surface area contributed by atoms with Gasteiger partial charge < -0.3 is 5.32 Å². The summed E-state index contributed by atoms with van der Waals surface area (Å²) in [6, 6.07) is 10.9. The van der Waals surface area contributed by atoms with Gasteiger partial charge in [-0.3, -0.25) is 0 Å². The maximum atomic E-state index is 13.7. The molecule has 19 heavy (non-hydrogen) atoms. The van der Waals surface area contributed by atoms with Crippen LogP contribution < -0.4 is 5.32 Å². The summed E-state index contributed by atoms with van der Waals surface area (Å²) in [5.41, 5.74) is 0.933. The zero-order valence-electron chi connectivity index (χ0n) is 10.9. The molecule has 1 aromatic carbocycles. The summed E-state index contributed by atoms with van der Waals surface area (Å²) in [6.07, 6.45) is 0. The van der Waals surface area contributed by atoms with E-state index in [2.05, 4.69) is 31.3 Å². The van der Waals surface area contributed by atoms with Crippen LogP contribution in [-0.2, 0) is 6.54 Å². The van der Waals surface area contributed by atoms with Crippen LogP contribution in [0.2, 0.25) is 0 Å². The minimum atomic E-state index is -0.332. The van der Waals surface area contributed by atoms with Gasteiger partial charge in [0, 0.05) is 27.9 Å². The second-order valence-electron chi connectivity index (χ2n) is 4.47. The maximum Gasteiger partial charge on any atom is 0.129 e. The van der Waals surface area contributed by atoms with Crippen LogP contribution >= 0.6 is 11.3 Å². The van der Waals surface area contributed by atoms with E-state index in [4.69, 9.17) is 5.26 Å². The van der Waals surface area contributed by atoms with E-state index in [-0.39, 0.29) is 11.9 Å². The first-order valence-electron chi connectivity index (χ1n) is 6.08. The Morgan fingerprint density at radius 1 is 1.37 bits per heavy atom. The Bertz CT molecular complexity index is 613. The number of nitrogens with zero attached hydrogens (tertiary/aromatic N) is 1. The van der Waals surface area contributed by atoms with Crippen LogP contribution in [0.4, 0.5) is 4.39 Å². The monoisotopic (exact) mass is 274 g/mol. The van der Waals surface area contributed by atoms with Gasteiger partial charge in [-0.2, -0.15) is 5.26 Å². The lowest BCUT2D eigenvalue weighted by Crippen LogP contribution is -2.17. The fraction of sp³-hybridized carbons (Fsp3) is 0.267. The molecule has 1 aromatic heterocycles. The number of aryl methyl sites for hydroxylation is 1. The van der Waals surface area contributed by atoms with Crippen LogP contribution in [0.3, 0.4) is 0 Å². The predicted molar refractivity (Wildman–Crippen MR) is 75.4 cm³/mol. The molecule has 2 aromatic rings. The molecule has 2 nitrogen and oxygen atoms in total. The number of benzene rings is 1. The fourth-order valence-electron chi connectivity index (χ4n) is 1.81. The normalized spacial score (nSPS) is 12.1. The van der Waals surface area contributed by atoms with Crippen molar-refractivity contribution in [1.82, 2.24) is 5.32 Å². The van der Waals surface area contributed by atoms with Gasteiger partial charge in [0.1, 0.15) is 5.82 Å². The minimum Gasteiger partial charge on any atom is -0.305 e. The molecule has 0 saturated heterocycles. The quantitative estimate of drug-likeness (QED) is 0.917. The highest BCUT2D eigenvalue weighted by atomic mass is 32.1. The Labute approximate surface area is 116 Å². The van der Waals surface area contributed by atoms with Crippen LogP contribution in [0.25, 0.3) is 0 Å². The molecule has 1 N–H and O–H groups in total. The van der Waals surface area contributed by atoms with Gasteiger partial charge >= 0.3 is 0 Å². The zero-order valence-corrected chi connectivity index (χ0v) is 11.7. The van der Waals surface area contributed by atoms with Crippen molar-refractivity contribution < 1.29 is 4.39 Å². The average Bonchev–Trinajstić information content (AvgIpc) is 2.83. The molecule has 0 bridgehead atoms. The molecule has 2 rings (SSSR count). The number of nitriles is 1. The molecular weight excluding hydrogens is 259 g/mol. The second kappa shape index (κ2) is 5.96. The molecule has 0 saturated carbocycles. The smallest absolute Gasteiger partial charge is 0.129 e. The summed E-state index contributed by atoms with van der Waals surface area (Å²) in [6.45, 7) is 4.59. The molecule has 0 fully saturated rings. The second-order valence-corrected chi connectivity index (χ2v) is 5.79. The highest BCUT2D eigenvalue weighted by molar-refractivity contribution is 7.12. The highest BCUT2D eigenvalue weighted by Gasteiger charge is 2.09.